The van der Waals surface area contributed by atoms with E-state index in [-0.39, 0.29) is 18.4 Å². The first kappa shape index (κ1) is 15.5. The highest BCUT2D eigenvalue weighted by Gasteiger charge is 2.30. The van der Waals surface area contributed by atoms with Crippen molar-refractivity contribution >= 4 is 11.9 Å². The van der Waals surface area contributed by atoms with Gasteiger partial charge in [-0.3, -0.25) is 5.32 Å². The molecule has 0 saturated heterocycles. The van der Waals surface area contributed by atoms with E-state index in [1.54, 1.807) is 32.2 Å². The van der Waals surface area contributed by atoms with Crippen LogP contribution >= 0.6 is 0 Å². The smallest absolute Gasteiger partial charge is 0.338 e. The Hall–Kier alpha value is -2.88. The minimum Gasteiger partial charge on any atom is -0.463 e. The van der Waals surface area contributed by atoms with Crippen molar-refractivity contribution in [2.75, 3.05) is 6.61 Å². The summed E-state index contributed by atoms with van der Waals surface area (Å²) in [5.74, 6) is -0.653. The average molecular weight is 302 g/mol. The Morgan fingerprint density at radius 2 is 2.18 bits per heavy atom. The summed E-state index contributed by atoms with van der Waals surface area (Å²) in [5, 5.41) is 14.0. The van der Waals surface area contributed by atoms with Gasteiger partial charge in [0.2, 0.25) is 5.96 Å². The van der Waals surface area contributed by atoms with Crippen LogP contribution in [0.15, 0.2) is 40.5 Å². The molecule has 6 nitrogen and oxygen atoms in total. The molecule has 0 amide bonds. The molecule has 0 radical (unpaired) electrons. The van der Waals surface area contributed by atoms with Crippen LogP contribution in [0.2, 0.25) is 0 Å². The Labute approximate surface area is 127 Å². The number of carbonyl (C=O) groups excluding carboxylic acids is 1. The Kier molecular flexibility index (Phi) is 4.73. The van der Waals surface area contributed by atoms with Crippen LogP contribution in [0.1, 0.15) is 25.5 Å². The summed E-state index contributed by atoms with van der Waals surface area (Å²) in [6.07, 6.45) is 1.77. The van der Waals surface area contributed by atoms with Crippen LogP contribution in [0.5, 0.6) is 0 Å². The van der Waals surface area contributed by atoms with Gasteiger partial charge in [0.25, 0.3) is 0 Å². The van der Waals surface area contributed by atoms with Gasteiger partial charge in [0.1, 0.15) is 11.9 Å². The maximum Gasteiger partial charge on any atom is 0.338 e. The van der Waals surface area contributed by atoms with Crippen molar-refractivity contribution in [3.8, 4) is 6.19 Å². The number of hydrogen-bond donors (Lipinski definition) is 2. The van der Waals surface area contributed by atoms with E-state index in [0.29, 0.717) is 16.8 Å². The number of benzene rings is 1. The molecule has 0 saturated carbocycles. The van der Waals surface area contributed by atoms with Gasteiger partial charge in [0, 0.05) is 5.70 Å². The summed E-state index contributed by atoms with van der Waals surface area (Å²) >= 11 is 0. The first-order chi connectivity index (χ1) is 10.6. The number of aliphatic imine (C=N–C) groups is 1. The van der Waals surface area contributed by atoms with Gasteiger partial charge in [0.05, 0.1) is 12.2 Å². The standard InChI is InChI=1S/C15H15FN4O2/c1-3-22-14(21)12-9(2)19-15(18-8-17)20-13(12)10-4-6-11(16)7-5-10/h4-7,13H,3H2,1-2H3,(H2,18,19,20). The number of nitrogens with one attached hydrogen (secondary N) is 2. The van der Waals surface area contributed by atoms with Gasteiger partial charge in [-0.05, 0) is 31.5 Å². The van der Waals surface area contributed by atoms with Crippen LogP contribution in [-0.2, 0) is 9.53 Å². The van der Waals surface area contributed by atoms with Crippen molar-refractivity contribution in [1.82, 2.24) is 10.6 Å². The highest BCUT2D eigenvalue weighted by atomic mass is 19.1. The molecule has 1 unspecified atom stereocenters. The molecule has 114 valence electrons. The number of allylic oxidation sites excluding steroid dienone is 1. The van der Waals surface area contributed by atoms with E-state index >= 15 is 0 Å². The third-order valence-corrected chi connectivity index (χ3v) is 3.10. The van der Waals surface area contributed by atoms with Crippen LogP contribution in [0.4, 0.5) is 4.39 Å². The highest BCUT2D eigenvalue weighted by Crippen LogP contribution is 2.31. The zero-order valence-corrected chi connectivity index (χ0v) is 12.2. The van der Waals surface area contributed by atoms with Crippen molar-refractivity contribution in [1.29, 1.82) is 5.26 Å². The predicted molar refractivity (Wildman–Crippen MR) is 77.8 cm³/mol. The van der Waals surface area contributed by atoms with Gasteiger partial charge in [-0.2, -0.15) is 5.26 Å². The normalized spacial score (nSPS) is 17.2. The monoisotopic (exact) mass is 302 g/mol. The van der Waals surface area contributed by atoms with Crippen LogP contribution in [0, 0.1) is 17.3 Å². The van der Waals surface area contributed by atoms with E-state index < -0.39 is 12.0 Å². The minimum absolute atomic E-state index is 0.224. The Bertz CT molecular complexity index is 674. The predicted octanol–water partition coefficient (Wildman–Crippen LogP) is 1.73. The zero-order valence-electron chi connectivity index (χ0n) is 12.2. The molecule has 1 aromatic carbocycles. The van der Waals surface area contributed by atoms with Crippen LogP contribution in [0.25, 0.3) is 0 Å². The molecule has 2 rings (SSSR count). The Balaban J connectivity index is 2.45. The third kappa shape index (κ3) is 3.23. The summed E-state index contributed by atoms with van der Waals surface area (Å²) in [6, 6.07) is 5.01. The number of carbonyl (C=O) groups is 1. The van der Waals surface area contributed by atoms with Gasteiger partial charge >= 0.3 is 5.97 Å². The number of esters is 1. The maximum absolute atomic E-state index is 13.1. The second-order valence-electron chi connectivity index (χ2n) is 4.55. The molecule has 1 heterocycles. The molecule has 0 aromatic heterocycles. The highest BCUT2D eigenvalue weighted by molar-refractivity contribution is 5.95. The SMILES string of the molecule is CCOC(=O)C1=C(C)NC(NC#N)=NC1c1ccc(F)cc1. The summed E-state index contributed by atoms with van der Waals surface area (Å²) in [5.41, 5.74) is 1.49. The topological polar surface area (TPSA) is 86.5 Å². The molecule has 7 heteroatoms. The fourth-order valence-electron chi connectivity index (χ4n) is 2.15. The summed E-state index contributed by atoms with van der Waals surface area (Å²) in [4.78, 5) is 16.5. The van der Waals surface area contributed by atoms with Gasteiger partial charge in [0.15, 0.2) is 6.19 Å². The molecule has 22 heavy (non-hydrogen) atoms. The van der Waals surface area contributed by atoms with E-state index in [1.807, 2.05) is 0 Å². The molecule has 2 N–H and O–H groups in total. The van der Waals surface area contributed by atoms with Crippen molar-refractivity contribution in [3.05, 3.63) is 46.9 Å². The summed E-state index contributed by atoms with van der Waals surface area (Å²) in [6.45, 7) is 3.64. The molecule has 0 bridgehead atoms. The van der Waals surface area contributed by atoms with Crippen LogP contribution < -0.4 is 10.6 Å². The number of nitriles is 1. The van der Waals surface area contributed by atoms with Crippen molar-refractivity contribution in [2.45, 2.75) is 19.9 Å². The lowest BCUT2D eigenvalue weighted by Gasteiger charge is -2.25. The number of ether oxygens (including phenoxy) is 1. The number of halogens is 1. The fourth-order valence-corrected chi connectivity index (χ4v) is 2.15. The lowest BCUT2D eigenvalue weighted by atomic mass is 9.96. The molecule has 0 fully saturated rings. The van der Waals surface area contributed by atoms with E-state index in [0.717, 1.165) is 0 Å². The van der Waals surface area contributed by atoms with E-state index in [4.69, 9.17) is 10.00 Å². The second kappa shape index (κ2) is 6.72. The number of guanidine groups is 1. The quantitative estimate of drug-likeness (QED) is 0.504. The molecular formula is C15H15FN4O2. The molecular weight excluding hydrogens is 287 g/mol. The van der Waals surface area contributed by atoms with E-state index in [9.17, 15) is 9.18 Å². The van der Waals surface area contributed by atoms with Gasteiger partial charge in [-0.1, -0.05) is 12.1 Å². The van der Waals surface area contributed by atoms with E-state index in [1.165, 1.54) is 12.1 Å². The third-order valence-electron chi connectivity index (χ3n) is 3.10. The van der Waals surface area contributed by atoms with Crippen molar-refractivity contribution in [3.63, 3.8) is 0 Å². The first-order valence-corrected chi connectivity index (χ1v) is 6.70. The van der Waals surface area contributed by atoms with Crippen LogP contribution in [-0.4, -0.2) is 18.5 Å². The number of rotatable bonds is 3. The van der Waals surface area contributed by atoms with Gasteiger partial charge in [-0.25, -0.2) is 14.2 Å². The van der Waals surface area contributed by atoms with E-state index in [2.05, 4.69) is 15.6 Å². The molecule has 0 spiro atoms. The molecule has 0 aliphatic carbocycles. The van der Waals surface area contributed by atoms with Gasteiger partial charge < -0.3 is 10.1 Å². The second-order valence-corrected chi connectivity index (χ2v) is 4.55. The minimum atomic E-state index is -0.670. The maximum atomic E-state index is 13.1. The molecule has 1 atom stereocenters. The van der Waals surface area contributed by atoms with Gasteiger partial charge in [-0.15, -0.1) is 0 Å². The van der Waals surface area contributed by atoms with Crippen molar-refractivity contribution in [2.24, 2.45) is 4.99 Å². The summed E-state index contributed by atoms with van der Waals surface area (Å²) < 4.78 is 18.2. The summed E-state index contributed by atoms with van der Waals surface area (Å²) in [7, 11) is 0. The van der Waals surface area contributed by atoms with Crippen LogP contribution in [0.3, 0.4) is 0 Å². The lowest BCUT2D eigenvalue weighted by Crippen LogP contribution is -2.39. The molecule has 1 aliphatic rings. The Morgan fingerprint density at radius 3 is 2.77 bits per heavy atom. The molecule has 1 aliphatic heterocycles. The molecule has 1 aromatic rings. The van der Waals surface area contributed by atoms with Crippen molar-refractivity contribution < 1.29 is 13.9 Å². The lowest BCUT2D eigenvalue weighted by molar-refractivity contribution is -0.138. The number of nitrogens with zero attached hydrogens (tertiary/aromatic N) is 2. The Morgan fingerprint density at radius 1 is 1.50 bits per heavy atom. The first-order valence-electron chi connectivity index (χ1n) is 6.70. The average Bonchev–Trinajstić information content (AvgIpc) is 2.48. The number of hydrogen-bond acceptors (Lipinski definition) is 6. The zero-order chi connectivity index (χ0) is 16.1. The fraction of sp³-hybridized carbons (Fsp3) is 0.267. The largest absolute Gasteiger partial charge is 0.463 e.